The van der Waals surface area contributed by atoms with E-state index < -0.39 is 11.5 Å². The number of aromatic carboxylic acids is 1. The standard InChI is InChI=1S/C15H15N3O2S2/c1-7(2)15(3)14(21)17-11(18-15)10-6-9(13(19)20)8-4-5-22-12(8)16-10/h4-7H,1-3H3,(H,19,20)(H,17,18,21). The van der Waals surface area contributed by atoms with E-state index in [0.29, 0.717) is 26.7 Å². The number of aliphatic imine (C=N–C) groups is 1. The maximum atomic E-state index is 11.5. The molecule has 2 aromatic rings. The molecule has 2 N–H and O–H groups in total. The number of amidine groups is 1. The average Bonchev–Trinajstić information content (AvgIpc) is 3.03. The Hall–Kier alpha value is -1.86. The van der Waals surface area contributed by atoms with Crippen LogP contribution in [0.25, 0.3) is 10.2 Å². The molecule has 1 atom stereocenters. The lowest BCUT2D eigenvalue weighted by atomic mass is 9.90. The van der Waals surface area contributed by atoms with Gasteiger partial charge in [-0.25, -0.2) is 9.78 Å². The van der Waals surface area contributed by atoms with Crippen molar-refractivity contribution in [3.8, 4) is 0 Å². The number of thiocarbonyl (C=S) groups is 1. The molecular formula is C15H15N3O2S2. The quantitative estimate of drug-likeness (QED) is 0.844. The van der Waals surface area contributed by atoms with Crippen molar-refractivity contribution in [2.45, 2.75) is 26.3 Å². The van der Waals surface area contributed by atoms with Crippen molar-refractivity contribution >= 4 is 50.6 Å². The lowest BCUT2D eigenvalue weighted by Gasteiger charge is -2.24. The first kappa shape index (κ1) is 15.1. The van der Waals surface area contributed by atoms with Gasteiger partial charge in [0.25, 0.3) is 0 Å². The van der Waals surface area contributed by atoms with Gasteiger partial charge < -0.3 is 10.4 Å². The molecule has 0 amide bonds. The third kappa shape index (κ3) is 2.21. The SMILES string of the molecule is CC(C)C1(C)N=C(c2cc(C(=O)O)c3ccsc3n2)NC1=S. The number of carbonyl (C=O) groups is 1. The lowest BCUT2D eigenvalue weighted by molar-refractivity contribution is 0.0699. The zero-order chi connectivity index (χ0) is 16.1. The number of rotatable bonds is 3. The Bertz CT molecular complexity index is 825. The van der Waals surface area contributed by atoms with Gasteiger partial charge in [-0.1, -0.05) is 26.1 Å². The number of aromatic nitrogens is 1. The van der Waals surface area contributed by atoms with Crippen molar-refractivity contribution in [3.63, 3.8) is 0 Å². The molecule has 0 bridgehead atoms. The van der Waals surface area contributed by atoms with E-state index in [1.165, 1.54) is 11.3 Å². The molecule has 0 saturated carbocycles. The molecule has 5 nitrogen and oxygen atoms in total. The maximum absolute atomic E-state index is 11.5. The first-order valence-corrected chi connectivity index (χ1v) is 8.15. The smallest absolute Gasteiger partial charge is 0.336 e. The minimum absolute atomic E-state index is 0.231. The fourth-order valence-electron chi connectivity index (χ4n) is 2.30. The highest BCUT2D eigenvalue weighted by Gasteiger charge is 2.39. The number of fused-ring (bicyclic) bond motifs is 1. The summed E-state index contributed by atoms with van der Waals surface area (Å²) >= 11 is 6.81. The zero-order valence-electron chi connectivity index (χ0n) is 12.4. The van der Waals surface area contributed by atoms with Crippen LogP contribution in [0.5, 0.6) is 0 Å². The molecule has 22 heavy (non-hydrogen) atoms. The van der Waals surface area contributed by atoms with Crippen LogP contribution >= 0.6 is 23.6 Å². The van der Waals surface area contributed by atoms with Crippen LogP contribution in [0, 0.1) is 5.92 Å². The van der Waals surface area contributed by atoms with Crippen LogP contribution < -0.4 is 5.32 Å². The van der Waals surface area contributed by atoms with Crippen molar-refractivity contribution in [3.05, 3.63) is 28.8 Å². The fourth-order valence-corrected chi connectivity index (χ4v) is 3.47. The molecule has 3 heterocycles. The number of hydrogen-bond donors (Lipinski definition) is 2. The Balaban J connectivity index is 2.15. The van der Waals surface area contributed by atoms with Gasteiger partial charge in [0.15, 0.2) is 5.84 Å². The summed E-state index contributed by atoms with van der Waals surface area (Å²) in [5.41, 5.74) is 0.258. The number of carboxylic acids is 1. The van der Waals surface area contributed by atoms with Crippen LogP contribution in [-0.2, 0) is 0 Å². The highest BCUT2D eigenvalue weighted by molar-refractivity contribution is 7.80. The molecule has 3 rings (SSSR count). The van der Waals surface area contributed by atoms with E-state index in [1.54, 1.807) is 12.1 Å². The lowest BCUT2D eigenvalue weighted by Crippen LogP contribution is -2.39. The topological polar surface area (TPSA) is 74.6 Å². The molecule has 1 unspecified atom stereocenters. The van der Waals surface area contributed by atoms with E-state index in [9.17, 15) is 9.90 Å². The monoisotopic (exact) mass is 333 g/mol. The summed E-state index contributed by atoms with van der Waals surface area (Å²) in [6.45, 7) is 6.08. The molecule has 0 radical (unpaired) electrons. The van der Waals surface area contributed by atoms with Crippen LogP contribution in [0.4, 0.5) is 0 Å². The summed E-state index contributed by atoms with van der Waals surface area (Å²) in [7, 11) is 0. The van der Waals surface area contributed by atoms with E-state index in [-0.39, 0.29) is 11.5 Å². The molecule has 0 fully saturated rings. The first-order chi connectivity index (χ1) is 10.3. The van der Waals surface area contributed by atoms with Gasteiger partial charge in [-0.15, -0.1) is 11.3 Å². The summed E-state index contributed by atoms with van der Waals surface area (Å²) in [5, 5.41) is 15.0. The van der Waals surface area contributed by atoms with Crippen molar-refractivity contribution < 1.29 is 9.90 Å². The first-order valence-electron chi connectivity index (χ1n) is 6.86. The molecule has 1 aliphatic heterocycles. The van der Waals surface area contributed by atoms with Crippen molar-refractivity contribution in [1.29, 1.82) is 0 Å². The van der Waals surface area contributed by atoms with Gasteiger partial charge >= 0.3 is 5.97 Å². The van der Waals surface area contributed by atoms with Gasteiger partial charge in [0, 0.05) is 5.39 Å². The maximum Gasteiger partial charge on any atom is 0.336 e. The van der Waals surface area contributed by atoms with Gasteiger partial charge in [-0.05, 0) is 30.4 Å². The number of hydrogen-bond acceptors (Lipinski definition) is 5. The second-order valence-electron chi connectivity index (χ2n) is 5.72. The van der Waals surface area contributed by atoms with E-state index in [2.05, 4.69) is 29.1 Å². The minimum atomic E-state index is -0.972. The minimum Gasteiger partial charge on any atom is -0.478 e. The Morgan fingerprint density at radius 3 is 2.82 bits per heavy atom. The van der Waals surface area contributed by atoms with E-state index in [1.807, 2.05) is 12.3 Å². The molecule has 114 valence electrons. The molecule has 2 aromatic heterocycles. The van der Waals surface area contributed by atoms with Gasteiger partial charge in [-0.2, -0.15) is 0 Å². The van der Waals surface area contributed by atoms with Crippen LogP contribution in [-0.4, -0.2) is 32.4 Å². The second-order valence-corrected chi connectivity index (χ2v) is 7.02. The fraction of sp³-hybridized carbons (Fsp3) is 0.333. The largest absolute Gasteiger partial charge is 0.478 e. The number of carboxylic acid groups (broad SMARTS) is 1. The van der Waals surface area contributed by atoms with Crippen LogP contribution in [0.2, 0.25) is 0 Å². The van der Waals surface area contributed by atoms with Crippen molar-refractivity contribution in [2.24, 2.45) is 10.9 Å². The Morgan fingerprint density at radius 2 is 2.23 bits per heavy atom. The zero-order valence-corrected chi connectivity index (χ0v) is 14.0. The Labute approximate surface area is 137 Å². The van der Waals surface area contributed by atoms with E-state index in [0.717, 1.165) is 0 Å². The van der Waals surface area contributed by atoms with Crippen LogP contribution in [0.3, 0.4) is 0 Å². The summed E-state index contributed by atoms with van der Waals surface area (Å²) in [5.74, 6) is -0.201. The molecule has 7 heteroatoms. The number of nitrogens with zero attached hydrogens (tertiary/aromatic N) is 2. The summed E-state index contributed by atoms with van der Waals surface area (Å²) < 4.78 is 0. The van der Waals surface area contributed by atoms with E-state index >= 15 is 0 Å². The molecular weight excluding hydrogens is 318 g/mol. The third-order valence-electron chi connectivity index (χ3n) is 4.07. The highest BCUT2D eigenvalue weighted by Crippen LogP contribution is 2.29. The normalized spacial score (nSPS) is 21.3. The summed E-state index contributed by atoms with van der Waals surface area (Å²) in [6, 6.07) is 3.32. The average molecular weight is 333 g/mol. The van der Waals surface area contributed by atoms with Gasteiger partial charge in [0.1, 0.15) is 21.1 Å². The molecule has 0 saturated heterocycles. The van der Waals surface area contributed by atoms with Crippen molar-refractivity contribution in [2.75, 3.05) is 0 Å². The summed E-state index contributed by atoms with van der Waals surface area (Å²) in [4.78, 5) is 22.0. The van der Waals surface area contributed by atoms with Gasteiger partial charge in [0.2, 0.25) is 0 Å². The number of nitrogens with one attached hydrogen (secondary N) is 1. The highest BCUT2D eigenvalue weighted by atomic mass is 32.1. The van der Waals surface area contributed by atoms with E-state index in [4.69, 9.17) is 12.2 Å². The Kier molecular flexibility index (Phi) is 3.49. The number of thiophene rings is 1. The third-order valence-corrected chi connectivity index (χ3v) is 5.39. The molecule has 1 aliphatic rings. The molecule has 0 aromatic carbocycles. The number of pyridine rings is 1. The Morgan fingerprint density at radius 1 is 1.50 bits per heavy atom. The second kappa shape index (κ2) is 5.10. The predicted molar refractivity (Wildman–Crippen MR) is 92.1 cm³/mol. The molecule has 0 spiro atoms. The summed E-state index contributed by atoms with van der Waals surface area (Å²) in [6.07, 6.45) is 0. The van der Waals surface area contributed by atoms with Gasteiger partial charge in [0.05, 0.1) is 5.56 Å². The molecule has 0 aliphatic carbocycles. The van der Waals surface area contributed by atoms with Crippen LogP contribution in [0.15, 0.2) is 22.5 Å². The van der Waals surface area contributed by atoms with Crippen LogP contribution in [0.1, 0.15) is 36.8 Å². The predicted octanol–water partition coefficient (Wildman–Crippen LogP) is 3.09. The van der Waals surface area contributed by atoms with Gasteiger partial charge in [-0.3, -0.25) is 4.99 Å². The van der Waals surface area contributed by atoms with Crippen molar-refractivity contribution in [1.82, 2.24) is 10.3 Å².